The van der Waals surface area contributed by atoms with Crippen molar-refractivity contribution in [1.29, 1.82) is 0 Å². The molecule has 0 saturated heterocycles. The minimum atomic E-state index is 0.160. The summed E-state index contributed by atoms with van der Waals surface area (Å²) in [6, 6.07) is 1.91. The molecule has 5 heteroatoms. The van der Waals surface area contributed by atoms with Gasteiger partial charge in [-0.1, -0.05) is 0 Å². The quantitative estimate of drug-likeness (QED) is 0.722. The fraction of sp³-hybridized carbons (Fsp3) is 0.500. The number of nitrogens with zero attached hydrogens (tertiary/aromatic N) is 2. The zero-order valence-electron chi connectivity index (χ0n) is 7.37. The Kier molecular flexibility index (Phi) is 3.92. The number of halogens is 1. The molecule has 0 unspecified atom stereocenters. The largest absolute Gasteiger partial charge is 0.396 e. The predicted octanol–water partition coefficient (Wildman–Crippen LogP) is 1.31. The van der Waals surface area contributed by atoms with Gasteiger partial charge in [0, 0.05) is 18.8 Å². The first kappa shape index (κ1) is 10.2. The normalized spacial score (nSPS) is 12.5. The van der Waals surface area contributed by atoms with Crippen LogP contribution in [0.4, 0.5) is 5.82 Å². The maximum Gasteiger partial charge on any atom is 0.224 e. The Morgan fingerprint density at radius 3 is 3.08 bits per heavy atom. The van der Waals surface area contributed by atoms with Crippen molar-refractivity contribution in [1.82, 2.24) is 9.97 Å². The summed E-state index contributed by atoms with van der Waals surface area (Å²) in [6.45, 7) is 2.12. The van der Waals surface area contributed by atoms with E-state index in [0.717, 1.165) is 0 Å². The molecule has 1 rings (SSSR count). The molecule has 1 heterocycles. The standard InChI is InChI=1S/C8H12ClN3O/c1-6(3-5-13)11-7-2-4-10-8(9)12-7/h2,4,6,13H,3,5H2,1H3,(H,10,11,12)/t6-/m1/s1. The third-order valence-corrected chi connectivity index (χ3v) is 1.76. The first-order valence-corrected chi connectivity index (χ1v) is 4.46. The average molecular weight is 202 g/mol. The van der Waals surface area contributed by atoms with Crippen molar-refractivity contribution >= 4 is 17.4 Å². The molecule has 0 aliphatic rings. The summed E-state index contributed by atoms with van der Waals surface area (Å²) in [5, 5.41) is 12.0. The first-order chi connectivity index (χ1) is 6.22. The SMILES string of the molecule is C[C@H](CCO)Nc1ccnc(Cl)n1. The van der Waals surface area contributed by atoms with Gasteiger partial charge in [0.1, 0.15) is 5.82 Å². The molecule has 1 atom stereocenters. The van der Waals surface area contributed by atoms with Crippen LogP contribution >= 0.6 is 11.6 Å². The second kappa shape index (κ2) is 4.99. The fourth-order valence-electron chi connectivity index (χ4n) is 0.934. The number of anilines is 1. The van der Waals surface area contributed by atoms with Crippen LogP contribution in [0.1, 0.15) is 13.3 Å². The summed E-state index contributed by atoms with van der Waals surface area (Å²) in [4.78, 5) is 7.72. The van der Waals surface area contributed by atoms with Gasteiger partial charge in [0.2, 0.25) is 5.28 Å². The van der Waals surface area contributed by atoms with Crippen LogP contribution in [-0.4, -0.2) is 27.7 Å². The van der Waals surface area contributed by atoms with Crippen LogP contribution in [0.5, 0.6) is 0 Å². The van der Waals surface area contributed by atoms with Gasteiger partial charge in [-0.3, -0.25) is 0 Å². The maximum absolute atomic E-state index is 8.67. The second-order valence-corrected chi connectivity index (χ2v) is 3.11. The topological polar surface area (TPSA) is 58.0 Å². The summed E-state index contributed by atoms with van der Waals surface area (Å²) in [6.07, 6.45) is 2.27. The lowest BCUT2D eigenvalue weighted by Crippen LogP contribution is -2.17. The highest BCUT2D eigenvalue weighted by Crippen LogP contribution is 2.08. The number of aromatic nitrogens is 2. The summed E-state index contributed by atoms with van der Waals surface area (Å²) >= 11 is 5.59. The number of hydrogen-bond acceptors (Lipinski definition) is 4. The van der Waals surface area contributed by atoms with Crippen LogP contribution in [0.3, 0.4) is 0 Å². The van der Waals surface area contributed by atoms with Crippen LogP contribution in [0.25, 0.3) is 0 Å². The van der Waals surface area contributed by atoms with E-state index in [0.29, 0.717) is 12.2 Å². The molecule has 2 N–H and O–H groups in total. The Morgan fingerprint density at radius 2 is 2.46 bits per heavy atom. The highest BCUT2D eigenvalue weighted by atomic mass is 35.5. The molecule has 13 heavy (non-hydrogen) atoms. The molecule has 4 nitrogen and oxygen atoms in total. The van der Waals surface area contributed by atoms with Gasteiger partial charge in [-0.25, -0.2) is 9.97 Å². The number of nitrogens with one attached hydrogen (secondary N) is 1. The smallest absolute Gasteiger partial charge is 0.224 e. The number of aliphatic hydroxyl groups is 1. The third kappa shape index (κ3) is 3.57. The third-order valence-electron chi connectivity index (χ3n) is 1.58. The van der Waals surface area contributed by atoms with Crippen molar-refractivity contribution in [3.8, 4) is 0 Å². The van der Waals surface area contributed by atoms with E-state index in [2.05, 4.69) is 15.3 Å². The minimum absolute atomic E-state index is 0.160. The molecule has 0 aliphatic carbocycles. The fourth-order valence-corrected chi connectivity index (χ4v) is 1.08. The molecule has 1 aromatic rings. The van der Waals surface area contributed by atoms with Crippen LogP contribution in [-0.2, 0) is 0 Å². The van der Waals surface area contributed by atoms with Gasteiger partial charge in [-0.2, -0.15) is 0 Å². The van der Waals surface area contributed by atoms with Gasteiger partial charge in [0.05, 0.1) is 0 Å². The van der Waals surface area contributed by atoms with Crippen molar-refractivity contribution in [3.63, 3.8) is 0 Å². The van der Waals surface area contributed by atoms with Crippen LogP contribution < -0.4 is 5.32 Å². The predicted molar refractivity (Wildman–Crippen MR) is 51.8 cm³/mol. The van der Waals surface area contributed by atoms with Crippen molar-refractivity contribution in [2.24, 2.45) is 0 Å². The Labute approximate surface area is 82.0 Å². The molecule has 0 saturated carbocycles. The van der Waals surface area contributed by atoms with E-state index in [4.69, 9.17) is 16.7 Å². The Bertz CT molecular complexity index is 269. The van der Waals surface area contributed by atoms with Gasteiger partial charge in [-0.15, -0.1) is 0 Å². The Hall–Kier alpha value is -0.870. The molecule has 0 aromatic carbocycles. The van der Waals surface area contributed by atoms with E-state index in [1.807, 2.05) is 6.92 Å². The molecule has 0 bridgehead atoms. The number of hydrogen-bond donors (Lipinski definition) is 2. The zero-order valence-corrected chi connectivity index (χ0v) is 8.12. The molecule has 1 aromatic heterocycles. The van der Waals surface area contributed by atoms with Gasteiger partial charge >= 0.3 is 0 Å². The summed E-state index contributed by atoms with van der Waals surface area (Å²) < 4.78 is 0. The molecule has 72 valence electrons. The lowest BCUT2D eigenvalue weighted by atomic mass is 10.2. The summed E-state index contributed by atoms with van der Waals surface area (Å²) in [7, 11) is 0. The number of rotatable bonds is 4. The molecule has 0 fully saturated rings. The van der Waals surface area contributed by atoms with E-state index in [-0.39, 0.29) is 17.9 Å². The minimum Gasteiger partial charge on any atom is -0.396 e. The van der Waals surface area contributed by atoms with Crippen molar-refractivity contribution in [2.75, 3.05) is 11.9 Å². The van der Waals surface area contributed by atoms with E-state index in [9.17, 15) is 0 Å². The average Bonchev–Trinajstić information content (AvgIpc) is 2.04. The van der Waals surface area contributed by atoms with Crippen LogP contribution in [0.15, 0.2) is 12.3 Å². The molecule has 0 amide bonds. The summed E-state index contributed by atoms with van der Waals surface area (Å²) in [5.41, 5.74) is 0. The molecule has 0 spiro atoms. The van der Waals surface area contributed by atoms with Gasteiger partial charge in [0.15, 0.2) is 0 Å². The van der Waals surface area contributed by atoms with Crippen LogP contribution in [0.2, 0.25) is 5.28 Å². The first-order valence-electron chi connectivity index (χ1n) is 4.08. The lowest BCUT2D eigenvalue weighted by Gasteiger charge is -2.12. The number of aliphatic hydroxyl groups excluding tert-OH is 1. The highest BCUT2D eigenvalue weighted by Gasteiger charge is 2.02. The molecular weight excluding hydrogens is 190 g/mol. The Morgan fingerprint density at radius 1 is 1.69 bits per heavy atom. The summed E-state index contributed by atoms with van der Waals surface area (Å²) in [5.74, 6) is 0.681. The van der Waals surface area contributed by atoms with Gasteiger partial charge in [-0.05, 0) is 31.0 Å². The monoisotopic (exact) mass is 201 g/mol. The van der Waals surface area contributed by atoms with Gasteiger partial charge < -0.3 is 10.4 Å². The van der Waals surface area contributed by atoms with Crippen molar-refractivity contribution in [3.05, 3.63) is 17.5 Å². The molecular formula is C8H12ClN3O. The van der Waals surface area contributed by atoms with Crippen LogP contribution in [0, 0.1) is 0 Å². The second-order valence-electron chi connectivity index (χ2n) is 2.77. The van der Waals surface area contributed by atoms with E-state index >= 15 is 0 Å². The Balaban J connectivity index is 2.53. The van der Waals surface area contributed by atoms with Crippen molar-refractivity contribution < 1.29 is 5.11 Å². The maximum atomic E-state index is 8.67. The van der Waals surface area contributed by atoms with E-state index < -0.39 is 0 Å². The van der Waals surface area contributed by atoms with E-state index in [1.54, 1.807) is 12.3 Å². The highest BCUT2D eigenvalue weighted by molar-refractivity contribution is 6.28. The zero-order chi connectivity index (χ0) is 9.68. The van der Waals surface area contributed by atoms with Crippen molar-refractivity contribution in [2.45, 2.75) is 19.4 Å². The lowest BCUT2D eigenvalue weighted by molar-refractivity contribution is 0.282. The van der Waals surface area contributed by atoms with E-state index in [1.165, 1.54) is 0 Å². The molecule has 0 radical (unpaired) electrons. The molecule has 0 aliphatic heterocycles. The van der Waals surface area contributed by atoms with Gasteiger partial charge in [0.25, 0.3) is 0 Å².